The van der Waals surface area contributed by atoms with Gasteiger partial charge in [-0.2, -0.15) is 0 Å². The quantitative estimate of drug-likeness (QED) is 0.686. The van der Waals surface area contributed by atoms with Crippen molar-refractivity contribution < 1.29 is 12.8 Å². The van der Waals surface area contributed by atoms with Crippen LogP contribution in [0, 0.1) is 5.82 Å². The van der Waals surface area contributed by atoms with Crippen molar-refractivity contribution in [2.45, 2.75) is 4.90 Å². The second-order valence-electron chi connectivity index (χ2n) is 1.93. The van der Waals surface area contributed by atoms with Crippen LogP contribution in [0.5, 0.6) is 0 Å². The number of halogens is 2. The molecule has 0 aliphatic carbocycles. The molecule has 0 aliphatic rings. The van der Waals surface area contributed by atoms with Crippen LogP contribution >= 0.6 is 10.7 Å². The van der Waals surface area contributed by atoms with Crippen LogP contribution in [0.3, 0.4) is 0 Å². The number of rotatable bonds is 1. The predicted octanol–water partition coefficient (Wildman–Crippen LogP) is 0.441. The maximum absolute atomic E-state index is 12.4. The molecule has 0 bridgehead atoms. The molecule has 0 unspecified atom stereocenters. The first-order valence-corrected chi connectivity index (χ1v) is 5.05. The van der Waals surface area contributed by atoms with E-state index in [1.165, 1.54) is 0 Å². The molecule has 0 aromatic carbocycles. The number of hydrogen-bond acceptors (Lipinski definition) is 3. The molecule has 4 nitrogen and oxygen atoms in total. The van der Waals surface area contributed by atoms with E-state index in [0.717, 1.165) is 12.4 Å². The Bertz CT molecular complexity index is 452. The largest absolute Gasteiger partial charge is 0.364 e. The van der Waals surface area contributed by atoms with Gasteiger partial charge >= 0.3 is 0 Å². The van der Waals surface area contributed by atoms with E-state index in [1.54, 1.807) is 0 Å². The van der Waals surface area contributed by atoms with Crippen molar-refractivity contribution in [2.24, 2.45) is 0 Å². The average molecular weight is 212 g/mol. The summed E-state index contributed by atoms with van der Waals surface area (Å²) in [5.41, 5.74) is -1.23. The third kappa shape index (κ3) is 1.64. The lowest BCUT2D eigenvalue weighted by atomic mass is 10.5. The molecule has 0 atom stereocenters. The van der Waals surface area contributed by atoms with Crippen molar-refractivity contribution in [3.8, 4) is 0 Å². The summed E-state index contributed by atoms with van der Waals surface area (Å²) in [5, 5.41) is 0. The average Bonchev–Trinajstić information content (AvgIpc) is 1.92. The predicted molar refractivity (Wildman–Crippen MR) is 40.1 cm³/mol. The smallest absolute Gasteiger partial charge is 0.266 e. The fourth-order valence-electron chi connectivity index (χ4n) is 0.620. The van der Waals surface area contributed by atoms with Gasteiger partial charge in [0, 0.05) is 23.1 Å². The monoisotopic (exact) mass is 211 g/mol. The molecule has 0 amide bonds. The van der Waals surface area contributed by atoms with Gasteiger partial charge in [-0.3, -0.25) is 4.79 Å². The van der Waals surface area contributed by atoms with Crippen molar-refractivity contribution in [3.63, 3.8) is 0 Å². The zero-order valence-corrected chi connectivity index (χ0v) is 7.12. The molecule has 12 heavy (non-hydrogen) atoms. The Morgan fingerprint density at radius 3 is 2.42 bits per heavy atom. The van der Waals surface area contributed by atoms with Crippen molar-refractivity contribution in [3.05, 3.63) is 28.4 Å². The van der Waals surface area contributed by atoms with Gasteiger partial charge in [0.15, 0.2) is 5.82 Å². The molecule has 0 saturated carbocycles. The number of aromatic amines is 1. The second-order valence-corrected chi connectivity index (χ2v) is 4.47. The van der Waals surface area contributed by atoms with Crippen molar-refractivity contribution in [1.82, 2.24) is 4.98 Å². The Morgan fingerprint density at radius 2 is 2.00 bits per heavy atom. The molecule has 1 aromatic heterocycles. The van der Waals surface area contributed by atoms with Crippen LogP contribution in [0.2, 0.25) is 0 Å². The maximum Gasteiger partial charge on any atom is 0.266 e. The SMILES string of the molecule is O=c1c(F)c[nH]cc1S(=O)(=O)Cl. The van der Waals surface area contributed by atoms with Crippen LogP contribution in [0.4, 0.5) is 4.39 Å². The zero-order valence-electron chi connectivity index (χ0n) is 5.54. The fourth-order valence-corrected chi connectivity index (χ4v) is 1.49. The van der Waals surface area contributed by atoms with E-state index in [-0.39, 0.29) is 0 Å². The van der Waals surface area contributed by atoms with E-state index in [9.17, 15) is 17.6 Å². The zero-order chi connectivity index (χ0) is 9.35. The highest BCUT2D eigenvalue weighted by atomic mass is 35.7. The second kappa shape index (κ2) is 2.87. The molecule has 1 heterocycles. The van der Waals surface area contributed by atoms with Gasteiger partial charge in [-0.1, -0.05) is 0 Å². The van der Waals surface area contributed by atoms with Crippen molar-refractivity contribution in [1.29, 1.82) is 0 Å². The van der Waals surface area contributed by atoms with Crippen molar-refractivity contribution in [2.75, 3.05) is 0 Å². The van der Waals surface area contributed by atoms with Gasteiger partial charge in [-0.05, 0) is 0 Å². The highest BCUT2D eigenvalue weighted by Gasteiger charge is 2.16. The lowest BCUT2D eigenvalue weighted by molar-refractivity contribution is 0.590. The third-order valence-corrected chi connectivity index (χ3v) is 2.46. The van der Waals surface area contributed by atoms with E-state index in [0.29, 0.717) is 0 Å². The van der Waals surface area contributed by atoms with Gasteiger partial charge in [0.1, 0.15) is 4.90 Å². The highest BCUT2D eigenvalue weighted by molar-refractivity contribution is 8.13. The van der Waals surface area contributed by atoms with Crippen molar-refractivity contribution >= 4 is 19.7 Å². The minimum absolute atomic E-state index is 0.744. The van der Waals surface area contributed by atoms with E-state index < -0.39 is 25.2 Å². The van der Waals surface area contributed by atoms with Crippen LogP contribution in [-0.2, 0) is 9.05 Å². The molecule has 0 fully saturated rings. The van der Waals surface area contributed by atoms with Gasteiger partial charge in [0.05, 0.1) is 0 Å². The minimum atomic E-state index is -4.17. The topological polar surface area (TPSA) is 67.0 Å². The van der Waals surface area contributed by atoms with Crippen LogP contribution in [-0.4, -0.2) is 13.4 Å². The molecule has 1 rings (SSSR count). The summed E-state index contributed by atoms with van der Waals surface area (Å²) < 4.78 is 33.6. The Hall–Kier alpha value is -0.880. The molecule has 0 spiro atoms. The number of aromatic nitrogens is 1. The van der Waals surface area contributed by atoms with E-state index in [1.807, 2.05) is 0 Å². The Labute approximate surface area is 71.4 Å². The van der Waals surface area contributed by atoms with Crippen LogP contribution in [0.25, 0.3) is 0 Å². The summed E-state index contributed by atoms with van der Waals surface area (Å²) >= 11 is 0. The summed E-state index contributed by atoms with van der Waals surface area (Å²) in [7, 11) is 0.654. The maximum atomic E-state index is 12.4. The minimum Gasteiger partial charge on any atom is -0.364 e. The number of pyridine rings is 1. The van der Waals surface area contributed by atoms with Crippen LogP contribution in [0.1, 0.15) is 0 Å². The number of H-pyrrole nitrogens is 1. The molecular weight excluding hydrogens is 209 g/mol. The molecule has 1 aromatic rings. The molecule has 66 valence electrons. The third-order valence-electron chi connectivity index (χ3n) is 1.13. The van der Waals surface area contributed by atoms with Gasteiger partial charge in [-0.15, -0.1) is 0 Å². The standard InChI is InChI=1S/C5H3ClFNO3S/c6-12(10,11)4-2-8-1-3(7)5(4)9/h1-2H,(H,8,9). The molecule has 1 N–H and O–H groups in total. The van der Waals surface area contributed by atoms with Crippen LogP contribution < -0.4 is 5.43 Å². The lowest BCUT2D eigenvalue weighted by Crippen LogP contribution is -2.14. The lowest BCUT2D eigenvalue weighted by Gasteiger charge is -1.93. The Balaban J connectivity index is 3.59. The molecule has 0 radical (unpaired) electrons. The van der Waals surface area contributed by atoms with Gasteiger partial charge in [0.25, 0.3) is 9.05 Å². The van der Waals surface area contributed by atoms with E-state index in [2.05, 4.69) is 4.98 Å². The summed E-state index contributed by atoms with van der Waals surface area (Å²) in [6, 6.07) is 0. The van der Waals surface area contributed by atoms with Crippen LogP contribution in [0.15, 0.2) is 22.1 Å². The fraction of sp³-hybridized carbons (Fsp3) is 0. The summed E-state index contributed by atoms with van der Waals surface area (Å²) in [6.07, 6.45) is 1.57. The normalized spacial score (nSPS) is 11.5. The first kappa shape index (κ1) is 9.21. The summed E-state index contributed by atoms with van der Waals surface area (Å²) in [5.74, 6) is -1.18. The van der Waals surface area contributed by atoms with Gasteiger partial charge < -0.3 is 4.98 Å². The van der Waals surface area contributed by atoms with Gasteiger partial charge in [0.2, 0.25) is 5.43 Å². The molecule has 0 aliphatic heterocycles. The van der Waals surface area contributed by atoms with E-state index in [4.69, 9.17) is 10.7 Å². The number of hydrogen-bond donors (Lipinski definition) is 1. The Kier molecular flexibility index (Phi) is 2.20. The first-order chi connectivity index (χ1) is 5.43. The molecular formula is C5H3ClFNO3S. The number of nitrogens with one attached hydrogen (secondary N) is 1. The van der Waals surface area contributed by atoms with E-state index >= 15 is 0 Å². The molecule has 7 heteroatoms. The summed E-state index contributed by atoms with van der Waals surface area (Å²) in [4.78, 5) is 12.1. The Morgan fingerprint density at radius 1 is 1.42 bits per heavy atom. The first-order valence-electron chi connectivity index (χ1n) is 2.74. The van der Waals surface area contributed by atoms with Gasteiger partial charge in [-0.25, -0.2) is 12.8 Å². The summed E-state index contributed by atoms with van der Waals surface area (Å²) in [6.45, 7) is 0. The highest BCUT2D eigenvalue weighted by Crippen LogP contribution is 2.08. The molecule has 0 saturated heterocycles.